The number of hydrogen-bond donors (Lipinski definition) is 1. The minimum atomic E-state index is -0.548. The van der Waals surface area contributed by atoms with Crippen molar-refractivity contribution in [2.24, 2.45) is 0 Å². The molecule has 1 aromatic carbocycles. The van der Waals surface area contributed by atoms with Crippen LogP contribution < -0.4 is 15.7 Å². The van der Waals surface area contributed by atoms with Gasteiger partial charge in [0.25, 0.3) is 5.91 Å². The van der Waals surface area contributed by atoms with Gasteiger partial charge in [-0.05, 0) is 25.5 Å². The van der Waals surface area contributed by atoms with Crippen molar-refractivity contribution < 1.29 is 13.9 Å². The van der Waals surface area contributed by atoms with Crippen LogP contribution in [0.4, 0.5) is 0 Å². The average molecular weight is 275 g/mol. The monoisotopic (exact) mass is 275 g/mol. The van der Waals surface area contributed by atoms with Crippen LogP contribution in [0, 0.1) is 0 Å². The van der Waals surface area contributed by atoms with Crippen LogP contribution in [-0.2, 0) is 0 Å². The second-order valence-electron chi connectivity index (χ2n) is 4.33. The molecule has 0 fully saturated rings. The highest BCUT2D eigenvalue weighted by Crippen LogP contribution is 2.22. The largest absolute Gasteiger partial charge is 0.494 e. The highest BCUT2D eigenvalue weighted by atomic mass is 16.5. The number of benzene rings is 1. The third-order valence-corrected chi connectivity index (χ3v) is 2.81. The standard InChI is InChI=1S/C15H17NO4/c1-3-7-16-15(18)12-9-14(17)20-13-8-10(19-4-2)5-6-11(12)13/h5-6,8-9H,3-4,7H2,1-2H3,(H,16,18). The molecule has 0 aliphatic carbocycles. The molecule has 20 heavy (non-hydrogen) atoms. The van der Waals surface area contributed by atoms with E-state index in [0.717, 1.165) is 6.42 Å². The quantitative estimate of drug-likeness (QED) is 0.850. The molecule has 0 saturated carbocycles. The lowest BCUT2D eigenvalue weighted by Crippen LogP contribution is -2.25. The molecule has 0 aliphatic heterocycles. The zero-order valence-electron chi connectivity index (χ0n) is 11.6. The molecule has 0 saturated heterocycles. The Hall–Kier alpha value is -2.30. The molecule has 0 atom stereocenters. The highest BCUT2D eigenvalue weighted by molar-refractivity contribution is 6.05. The van der Waals surface area contributed by atoms with Crippen LogP contribution in [0.1, 0.15) is 30.6 Å². The van der Waals surface area contributed by atoms with Gasteiger partial charge in [0.05, 0.1) is 12.2 Å². The topological polar surface area (TPSA) is 68.5 Å². The first kappa shape index (κ1) is 14.1. The fraction of sp³-hybridized carbons (Fsp3) is 0.333. The Morgan fingerprint density at radius 3 is 2.80 bits per heavy atom. The zero-order chi connectivity index (χ0) is 14.5. The number of rotatable bonds is 5. The molecule has 0 spiro atoms. The van der Waals surface area contributed by atoms with Gasteiger partial charge >= 0.3 is 5.63 Å². The summed E-state index contributed by atoms with van der Waals surface area (Å²) in [5.41, 5.74) is 0.130. The van der Waals surface area contributed by atoms with Crippen molar-refractivity contribution in [2.75, 3.05) is 13.2 Å². The molecule has 0 aliphatic rings. The Kier molecular flexibility index (Phi) is 4.40. The number of carbonyl (C=O) groups excluding carboxylic acids is 1. The summed E-state index contributed by atoms with van der Waals surface area (Å²) >= 11 is 0. The van der Waals surface area contributed by atoms with Gasteiger partial charge in [-0.25, -0.2) is 4.79 Å². The van der Waals surface area contributed by atoms with Gasteiger partial charge in [-0.2, -0.15) is 0 Å². The van der Waals surface area contributed by atoms with Gasteiger partial charge in [-0.3, -0.25) is 4.79 Å². The third-order valence-electron chi connectivity index (χ3n) is 2.81. The predicted molar refractivity (Wildman–Crippen MR) is 76.3 cm³/mol. The molecule has 0 bridgehead atoms. The molecule has 1 N–H and O–H groups in total. The van der Waals surface area contributed by atoms with E-state index in [-0.39, 0.29) is 5.91 Å². The van der Waals surface area contributed by atoms with E-state index in [4.69, 9.17) is 9.15 Å². The fourth-order valence-electron chi connectivity index (χ4n) is 1.92. The Bertz CT molecular complexity index is 675. The predicted octanol–water partition coefficient (Wildman–Crippen LogP) is 2.33. The van der Waals surface area contributed by atoms with Crippen molar-refractivity contribution in [1.29, 1.82) is 0 Å². The van der Waals surface area contributed by atoms with Crippen molar-refractivity contribution in [2.45, 2.75) is 20.3 Å². The first-order valence-corrected chi connectivity index (χ1v) is 6.64. The Labute approximate surface area is 116 Å². The van der Waals surface area contributed by atoms with Gasteiger partial charge in [0.1, 0.15) is 11.3 Å². The summed E-state index contributed by atoms with van der Waals surface area (Å²) < 4.78 is 10.5. The van der Waals surface area contributed by atoms with Crippen molar-refractivity contribution in [3.8, 4) is 5.75 Å². The maximum atomic E-state index is 12.1. The molecule has 1 heterocycles. The number of hydrogen-bond acceptors (Lipinski definition) is 4. The Morgan fingerprint density at radius 1 is 1.30 bits per heavy atom. The minimum Gasteiger partial charge on any atom is -0.494 e. The molecule has 106 valence electrons. The van der Waals surface area contributed by atoms with E-state index < -0.39 is 5.63 Å². The lowest BCUT2D eigenvalue weighted by molar-refractivity contribution is 0.0954. The van der Waals surface area contributed by atoms with Crippen LogP contribution in [0.2, 0.25) is 0 Å². The van der Waals surface area contributed by atoms with E-state index in [0.29, 0.717) is 35.4 Å². The molecule has 1 amide bonds. The van der Waals surface area contributed by atoms with Crippen molar-refractivity contribution in [1.82, 2.24) is 5.32 Å². The van der Waals surface area contributed by atoms with Crippen molar-refractivity contribution in [3.05, 3.63) is 40.2 Å². The molecule has 0 unspecified atom stereocenters. The summed E-state index contributed by atoms with van der Waals surface area (Å²) in [5, 5.41) is 3.36. The number of amides is 1. The summed E-state index contributed by atoms with van der Waals surface area (Å²) in [7, 11) is 0. The van der Waals surface area contributed by atoms with Crippen LogP contribution in [0.25, 0.3) is 11.0 Å². The van der Waals surface area contributed by atoms with Crippen LogP contribution in [-0.4, -0.2) is 19.1 Å². The van der Waals surface area contributed by atoms with Gasteiger partial charge in [-0.15, -0.1) is 0 Å². The number of fused-ring (bicyclic) bond motifs is 1. The van der Waals surface area contributed by atoms with Gasteiger partial charge in [0, 0.05) is 24.1 Å². The van der Waals surface area contributed by atoms with E-state index in [9.17, 15) is 9.59 Å². The molecule has 2 aromatic rings. The van der Waals surface area contributed by atoms with E-state index in [2.05, 4.69) is 5.32 Å². The summed E-state index contributed by atoms with van der Waals surface area (Å²) in [4.78, 5) is 23.6. The normalized spacial score (nSPS) is 10.5. The van der Waals surface area contributed by atoms with E-state index in [1.165, 1.54) is 6.07 Å². The molecule has 1 aromatic heterocycles. The third kappa shape index (κ3) is 2.99. The smallest absolute Gasteiger partial charge is 0.337 e. The van der Waals surface area contributed by atoms with Crippen molar-refractivity contribution >= 4 is 16.9 Å². The van der Waals surface area contributed by atoms with Crippen LogP contribution in [0.5, 0.6) is 5.75 Å². The minimum absolute atomic E-state index is 0.270. The number of nitrogens with one attached hydrogen (secondary N) is 1. The van der Waals surface area contributed by atoms with Gasteiger partial charge < -0.3 is 14.5 Å². The SMILES string of the molecule is CCCNC(=O)c1cc(=O)oc2cc(OCC)ccc12. The van der Waals surface area contributed by atoms with E-state index in [1.54, 1.807) is 18.2 Å². The van der Waals surface area contributed by atoms with Gasteiger partial charge in [0.15, 0.2) is 0 Å². The number of ether oxygens (including phenoxy) is 1. The van der Waals surface area contributed by atoms with Crippen LogP contribution in [0.3, 0.4) is 0 Å². The molecular formula is C15H17NO4. The van der Waals surface area contributed by atoms with Crippen molar-refractivity contribution in [3.63, 3.8) is 0 Å². The fourth-order valence-corrected chi connectivity index (χ4v) is 1.92. The van der Waals surface area contributed by atoms with Crippen LogP contribution in [0.15, 0.2) is 33.5 Å². The second-order valence-corrected chi connectivity index (χ2v) is 4.33. The maximum absolute atomic E-state index is 12.1. The first-order valence-electron chi connectivity index (χ1n) is 6.64. The molecule has 5 heteroatoms. The molecule has 2 rings (SSSR count). The molecular weight excluding hydrogens is 258 g/mol. The average Bonchev–Trinajstić information content (AvgIpc) is 2.43. The summed E-state index contributed by atoms with van der Waals surface area (Å²) in [6.07, 6.45) is 0.833. The van der Waals surface area contributed by atoms with Gasteiger partial charge in [-0.1, -0.05) is 6.92 Å². The summed E-state index contributed by atoms with van der Waals surface area (Å²) in [6.45, 7) is 4.92. The summed E-state index contributed by atoms with van der Waals surface area (Å²) in [5.74, 6) is 0.336. The zero-order valence-corrected chi connectivity index (χ0v) is 11.6. The molecule has 0 radical (unpaired) electrons. The summed E-state index contributed by atoms with van der Waals surface area (Å²) in [6, 6.07) is 6.32. The lowest BCUT2D eigenvalue weighted by atomic mass is 10.1. The second kappa shape index (κ2) is 6.23. The Balaban J connectivity index is 2.49. The lowest BCUT2D eigenvalue weighted by Gasteiger charge is -2.08. The maximum Gasteiger partial charge on any atom is 0.337 e. The highest BCUT2D eigenvalue weighted by Gasteiger charge is 2.13. The number of carbonyl (C=O) groups is 1. The van der Waals surface area contributed by atoms with Gasteiger partial charge in [0.2, 0.25) is 0 Å². The van der Waals surface area contributed by atoms with E-state index >= 15 is 0 Å². The van der Waals surface area contributed by atoms with Crippen LogP contribution >= 0.6 is 0 Å². The first-order chi connectivity index (χ1) is 9.65. The molecule has 5 nitrogen and oxygen atoms in total. The Morgan fingerprint density at radius 2 is 2.10 bits per heavy atom. The van der Waals surface area contributed by atoms with E-state index in [1.807, 2.05) is 13.8 Å².